The van der Waals surface area contributed by atoms with Crippen LogP contribution in [0.1, 0.15) is 66.7 Å². The molecular weight excluding hydrogens is 561 g/mol. The van der Waals surface area contributed by atoms with Gasteiger partial charge in [0.1, 0.15) is 11.6 Å². The molecule has 3 aliphatic rings. The molecule has 224 valence electrons. The van der Waals surface area contributed by atoms with E-state index in [-0.39, 0.29) is 23.9 Å². The number of likely N-dealkylation sites (tertiary alicyclic amines) is 1. The number of sulfone groups is 1. The first kappa shape index (κ1) is 28.7. The van der Waals surface area contributed by atoms with Crippen molar-refractivity contribution in [3.8, 4) is 11.5 Å². The molecule has 0 saturated carbocycles. The van der Waals surface area contributed by atoms with Crippen molar-refractivity contribution >= 4 is 15.8 Å². The van der Waals surface area contributed by atoms with E-state index in [1.807, 2.05) is 29.7 Å². The molecule has 42 heavy (non-hydrogen) atoms. The fourth-order valence-corrected chi connectivity index (χ4v) is 7.62. The number of halogens is 1. The van der Waals surface area contributed by atoms with E-state index in [9.17, 15) is 22.7 Å². The quantitative estimate of drug-likeness (QED) is 0.382. The summed E-state index contributed by atoms with van der Waals surface area (Å²) in [7, 11) is -3.09. The Morgan fingerprint density at radius 3 is 2.62 bits per heavy atom. The van der Waals surface area contributed by atoms with Crippen LogP contribution in [0.5, 0.6) is 11.5 Å². The van der Waals surface area contributed by atoms with Crippen molar-refractivity contribution in [3.05, 3.63) is 76.6 Å². The third kappa shape index (κ3) is 5.51. The SMILES string of the molecule is Cc1ccc(C2(C)Oc3cccc(C4CCN(Cc5ncc(CCC(=O)O)n5CC5CCS5(=O)=O)CC4)c3O2)c(F)c1. The number of aryl methyl sites for hydroxylation is 2. The summed E-state index contributed by atoms with van der Waals surface area (Å²) in [5.41, 5.74) is 3.00. The molecule has 0 aliphatic carbocycles. The smallest absolute Gasteiger partial charge is 0.303 e. The standard InChI is InChI=1S/C31H36FN3O6S/c1-20-6-8-25(26(32)16-20)31(2)40-27-5-3-4-24(30(27)41-31)21-10-13-34(14-11-21)19-28-33-17-22(7-9-29(36)37)35(28)18-23-12-15-42(23,38)39/h3-6,8,16-17,21,23H,7,9-15,18-19H2,1-2H3,(H,36,37). The van der Waals surface area contributed by atoms with Gasteiger partial charge in [0.15, 0.2) is 21.3 Å². The number of ether oxygens (including phenoxy) is 2. The van der Waals surface area contributed by atoms with Gasteiger partial charge in [-0.2, -0.15) is 0 Å². The Balaban J connectivity index is 1.14. The molecule has 0 radical (unpaired) electrons. The molecule has 2 unspecified atom stereocenters. The van der Waals surface area contributed by atoms with Crippen LogP contribution in [0.4, 0.5) is 4.39 Å². The molecule has 3 aromatic rings. The lowest BCUT2D eigenvalue weighted by atomic mass is 9.88. The third-order valence-corrected chi connectivity index (χ3v) is 11.1. The van der Waals surface area contributed by atoms with E-state index in [0.29, 0.717) is 43.0 Å². The first-order valence-electron chi connectivity index (χ1n) is 14.5. The van der Waals surface area contributed by atoms with E-state index >= 15 is 0 Å². The van der Waals surface area contributed by atoms with Crippen LogP contribution in [0.25, 0.3) is 0 Å². The highest BCUT2D eigenvalue weighted by atomic mass is 32.2. The number of carboxylic acid groups (broad SMARTS) is 1. The Hall–Kier alpha value is -3.44. The number of fused-ring (bicyclic) bond motifs is 1. The maximum Gasteiger partial charge on any atom is 0.303 e. The van der Waals surface area contributed by atoms with E-state index in [0.717, 1.165) is 48.6 Å². The summed E-state index contributed by atoms with van der Waals surface area (Å²) >= 11 is 0. The zero-order valence-corrected chi connectivity index (χ0v) is 24.7. The number of nitrogens with zero attached hydrogens (tertiary/aromatic N) is 3. The minimum Gasteiger partial charge on any atom is -0.481 e. The molecule has 6 rings (SSSR count). The van der Waals surface area contributed by atoms with Crippen molar-refractivity contribution in [2.24, 2.45) is 0 Å². The van der Waals surface area contributed by atoms with E-state index in [4.69, 9.17) is 9.47 Å². The van der Waals surface area contributed by atoms with Gasteiger partial charge in [-0.1, -0.05) is 18.2 Å². The van der Waals surface area contributed by atoms with Gasteiger partial charge >= 0.3 is 5.97 Å². The van der Waals surface area contributed by atoms with Gasteiger partial charge in [-0.3, -0.25) is 9.69 Å². The van der Waals surface area contributed by atoms with Crippen LogP contribution in [0, 0.1) is 12.7 Å². The van der Waals surface area contributed by atoms with Crippen molar-refractivity contribution < 1.29 is 32.2 Å². The van der Waals surface area contributed by atoms with Crippen molar-refractivity contribution in [1.82, 2.24) is 14.5 Å². The lowest BCUT2D eigenvalue weighted by Gasteiger charge is -2.33. The average molecular weight is 598 g/mol. The maximum atomic E-state index is 14.9. The van der Waals surface area contributed by atoms with Crippen LogP contribution < -0.4 is 9.47 Å². The molecule has 0 amide bonds. The Bertz CT molecular complexity index is 1610. The summed E-state index contributed by atoms with van der Waals surface area (Å²) in [5, 5.41) is 8.73. The number of piperidine rings is 1. The van der Waals surface area contributed by atoms with Gasteiger partial charge in [0, 0.05) is 30.9 Å². The minimum absolute atomic E-state index is 0.0310. The van der Waals surface area contributed by atoms with Gasteiger partial charge < -0.3 is 19.1 Å². The summed E-state index contributed by atoms with van der Waals surface area (Å²) in [6.45, 7) is 6.07. The lowest BCUT2D eigenvalue weighted by Crippen LogP contribution is -2.41. The Morgan fingerprint density at radius 1 is 1.17 bits per heavy atom. The molecule has 4 heterocycles. The fraction of sp³-hybridized carbons (Fsp3) is 0.484. The first-order chi connectivity index (χ1) is 20.0. The summed E-state index contributed by atoms with van der Waals surface area (Å²) < 4.78 is 53.8. The van der Waals surface area contributed by atoms with Gasteiger partial charge in [-0.15, -0.1) is 0 Å². The third-order valence-electron chi connectivity index (χ3n) is 8.85. The molecular formula is C31H36FN3O6S. The number of aliphatic carboxylic acids is 1. The number of imidazole rings is 1. The second-order valence-corrected chi connectivity index (χ2v) is 14.2. The number of aromatic nitrogens is 2. The molecule has 2 atom stereocenters. The van der Waals surface area contributed by atoms with Crippen LogP contribution in [0.15, 0.2) is 42.6 Å². The molecule has 0 spiro atoms. The van der Waals surface area contributed by atoms with Gasteiger partial charge in [0.25, 0.3) is 5.79 Å². The van der Waals surface area contributed by atoms with Crippen molar-refractivity contribution in [3.63, 3.8) is 0 Å². The summed E-state index contributed by atoms with van der Waals surface area (Å²) in [5.74, 6) is -0.0248. The predicted octanol–water partition coefficient (Wildman–Crippen LogP) is 4.56. The van der Waals surface area contributed by atoms with Gasteiger partial charge in [-0.25, -0.2) is 17.8 Å². The zero-order valence-electron chi connectivity index (χ0n) is 23.9. The fourth-order valence-electron chi connectivity index (χ4n) is 6.29. The predicted molar refractivity (Wildman–Crippen MR) is 154 cm³/mol. The molecule has 3 aliphatic heterocycles. The second kappa shape index (κ2) is 11.0. The monoisotopic (exact) mass is 597 g/mol. The van der Waals surface area contributed by atoms with E-state index < -0.39 is 26.8 Å². The second-order valence-electron chi connectivity index (χ2n) is 11.8. The number of carboxylic acids is 1. The number of carbonyl (C=O) groups is 1. The molecule has 1 aromatic heterocycles. The molecule has 9 nitrogen and oxygen atoms in total. The molecule has 2 aromatic carbocycles. The largest absolute Gasteiger partial charge is 0.481 e. The van der Waals surface area contributed by atoms with E-state index in [1.54, 1.807) is 19.2 Å². The summed E-state index contributed by atoms with van der Waals surface area (Å²) in [6, 6.07) is 10.9. The van der Waals surface area contributed by atoms with Crippen LogP contribution in [0.3, 0.4) is 0 Å². The summed E-state index contributed by atoms with van der Waals surface area (Å²) in [4.78, 5) is 18.1. The van der Waals surface area contributed by atoms with Gasteiger partial charge in [0.05, 0.1) is 29.5 Å². The average Bonchev–Trinajstić information content (AvgIpc) is 3.49. The Labute approximate surface area is 245 Å². The summed E-state index contributed by atoms with van der Waals surface area (Å²) in [6.07, 6.45) is 4.33. The van der Waals surface area contributed by atoms with Crippen LogP contribution in [0.2, 0.25) is 0 Å². The van der Waals surface area contributed by atoms with Gasteiger partial charge in [0.2, 0.25) is 0 Å². The number of hydrogen-bond donors (Lipinski definition) is 1. The molecule has 11 heteroatoms. The molecule has 2 fully saturated rings. The first-order valence-corrected chi connectivity index (χ1v) is 16.2. The number of rotatable bonds is 9. The number of benzene rings is 2. The normalized spacial score (nSPS) is 23.5. The Morgan fingerprint density at radius 2 is 1.95 bits per heavy atom. The van der Waals surface area contributed by atoms with Gasteiger partial charge in [-0.05, 0) is 75.4 Å². The number of hydrogen-bond acceptors (Lipinski definition) is 7. The number of para-hydroxylation sites is 1. The van der Waals surface area contributed by atoms with Crippen LogP contribution in [-0.2, 0) is 39.9 Å². The van der Waals surface area contributed by atoms with Crippen LogP contribution in [-0.4, -0.2) is 58.0 Å². The highest BCUT2D eigenvalue weighted by Crippen LogP contribution is 2.49. The van der Waals surface area contributed by atoms with Crippen molar-refractivity contribution in [2.75, 3.05) is 18.8 Å². The lowest BCUT2D eigenvalue weighted by molar-refractivity contribution is -0.137. The topological polar surface area (TPSA) is 111 Å². The highest BCUT2D eigenvalue weighted by molar-refractivity contribution is 7.93. The zero-order chi connectivity index (χ0) is 29.6. The van der Waals surface area contributed by atoms with Crippen molar-refractivity contribution in [1.29, 1.82) is 0 Å². The van der Waals surface area contributed by atoms with E-state index in [2.05, 4.69) is 16.0 Å². The Kier molecular flexibility index (Phi) is 7.51. The molecule has 1 N–H and O–H groups in total. The van der Waals surface area contributed by atoms with E-state index in [1.165, 1.54) is 6.07 Å². The minimum atomic E-state index is -3.09. The van der Waals surface area contributed by atoms with Crippen molar-refractivity contribution in [2.45, 2.75) is 76.0 Å². The molecule has 0 bridgehead atoms. The maximum absolute atomic E-state index is 14.9. The molecule has 2 saturated heterocycles. The highest BCUT2D eigenvalue weighted by Gasteiger charge is 2.43. The van der Waals surface area contributed by atoms with Crippen LogP contribution >= 0.6 is 0 Å².